The fourth-order valence-electron chi connectivity index (χ4n) is 2.98. The molecule has 7 nitrogen and oxygen atoms in total. The highest BCUT2D eigenvalue weighted by Gasteiger charge is 2.36. The van der Waals surface area contributed by atoms with Crippen molar-refractivity contribution in [1.82, 2.24) is 9.62 Å². The lowest BCUT2D eigenvalue weighted by atomic mass is 10.1. The minimum Gasteiger partial charge on any atom is -0.314 e. The molecule has 132 valence electrons. The van der Waals surface area contributed by atoms with Gasteiger partial charge in [0.2, 0.25) is 15.8 Å². The lowest BCUT2D eigenvalue weighted by Crippen LogP contribution is -2.45. The predicted molar refractivity (Wildman–Crippen MR) is 85.6 cm³/mol. The number of sulfonamides is 1. The molecular formula is C15H20FN3O4S. The van der Waals surface area contributed by atoms with Gasteiger partial charge in [-0.2, -0.15) is 8.70 Å². The van der Waals surface area contributed by atoms with E-state index >= 15 is 0 Å². The van der Waals surface area contributed by atoms with Gasteiger partial charge >= 0.3 is 5.69 Å². The van der Waals surface area contributed by atoms with Gasteiger partial charge < -0.3 is 5.32 Å². The topological polar surface area (TPSA) is 92.5 Å². The van der Waals surface area contributed by atoms with Crippen LogP contribution in [0.5, 0.6) is 0 Å². The van der Waals surface area contributed by atoms with Crippen LogP contribution >= 0.6 is 0 Å². The number of nitro groups is 1. The molecule has 0 spiro atoms. The van der Waals surface area contributed by atoms with Crippen LogP contribution in [-0.4, -0.2) is 43.3 Å². The quantitative estimate of drug-likeness (QED) is 0.620. The Bertz CT molecular complexity index is 728. The molecule has 1 heterocycles. The summed E-state index contributed by atoms with van der Waals surface area (Å²) in [6, 6.07) is 3.43. The summed E-state index contributed by atoms with van der Waals surface area (Å²) in [6.45, 7) is 1.52. The fourth-order valence-corrected chi connectivity index (χ4v) is 4.61. The lowest BCUT2D eigenvalue weighted by Gasteiger charge is -2.31. The van der Waals surface area contributed by atoms with Crippen LogP contribution in [0.3, 0.4) is 0 Å². The van der Waals surface area contributed by atoms with Gasteiger partial charge in [-0.1, -0.05) is 6.07 Å². The molecule has 2 aliphatic rings. The number of halogens is 1. The minimum atomic E-state index is -4.08. The van der Waals surface area contributed by atoms with Gasteiger partial charge in [-0.15, -0.1) is 0 Å². The molecule has 1 saturated carbocycles. The molecule has 24 heavy (non-hydrogen) atoms. The van der Waals surface area contributed by atoms with Crippen LogP contribution in [0, 0.1) is 21.8 Å². The van der Waals surface area contributed by atoms with E-state index in [1.807, 2.05) is 0 Å². The molecule has 9 heteroatoms. The van der Waals surface area contributed by atoms with E-state index in [0.717, 1.165) is 24.6 Å². The first-order valence-corrected chi connectivity index (χ1v) is 9.50. The number of rotatable bonds is 6. The number of para-hydroxylation sites is 1. The van der Waals surface area contributed by atoms with Crippen LogP contribution in [-0.2, 0) is 10.0 Å². The van der Waals surface area contributed by atoms with Crippen molar-refractivity contribution in [2.24, 2.45) is 5.92 Å². The Morgan fingerprint density at radius 3 is 2.50 bits per heavy atom. The summed E-state index contributed by atoms with van der Waals surface area (Å²) in [4.78, 5) is 9.50. The maximum Gasteiger partial charge on any atom is 0.324 e. The summed E-state index contributed by atoms with van der Waals surface area (Å²) in [6.07, 6.45) is 3.80. The van der Waals surface area contributed by atoms with Gasteiger partial charge in [0.1, 0.15) is 0 Å². The van der Waals surface area contributed by atoms with E-state index in [1.54, 1.807) is 0 Å². The number of hydrogen-bond donors (Lipinski definition) is 1. The predicted octanol–water partition coefficient (Wildman–Crippen LogP) is 1.89. The Labute approximate surface area is 140 Å². The van der Waals surface area contributed by atoms with Crippen LogP contribution < -0.4 is 5.32 Å². The van der Waals surface area contributed by atoms with Crippen LogP contribution in [0.1, 0.15) is 25.7 Å². The number of nitro benzene ring substituents is 1. The maximum absolute atomic E-state index is 13.7. The van der Waals surface area contributed by atoms with E-state index in [9.17, 15) is 22.9 Å². The third-order valence-corrected chi connectivity index (χ3v) is 6.53. The van der Waals surface area contributed by atoms with E-state index in [1.165, 1.54) is 23.2 Å². The van der Waals surface area contributed by atoms with Gasteiger partial charge in [0.15, 0.2) is 4.90 Å². The van der Waals surface area contributed by atoms with Gasteiger partial charge in [-0.3, -0.25) is 10.1 Å². The Kier molecular flexibility index (Phi) is 4.84. The number of benzene rings is 1. The second-order valence-electron chi connectivity index (χ2n) is 6.37. The third-order valence-electron chi connectivity index (χ3n) is 4.60. The maximum atomic E-state index is 13.7. The molecule has 0 radical (unpaired) electrons. The fraction of sp³-hybridized carbons (Fsp3) is 0.600. The van der Waals surface area contributed by atoms with E-state index in [-0.39, 0.29) is 19.1 Å². The molecule has 1 saturated heterocycles. The van der Waals surface area contributed by atoms with Crippen molar-refractivity contribution in [3.8, 4) is 0 Å². The Morgan fingerprint density at radius 1 is 1.25 bits per heavy atom. The highest BCUT2D eigenvalue weighted by atomic mass is 32.2. The Hall–Kier alpha value is -1.58. The molecule has 1 aliphatic heterocycles. The van der Waals surface area contributed by atoms with Gasteiger partial charge in [-0.25, -0.2) is 8.42 Å². The largest absolute Gasteiger partial charge is 0.324 e. The SMILES string of the molecule is O=[N+]([O-])c1c(F)cccc1S(=O)(=O)N1CCC(NCC2CC2)CC1. The lowest BCUT2D eigenvalue weighted by molar-refractivity contribution is -0.390. The van der Waals surface area contributed by atoms with Crippen molar-refractivity contribution in [3.05, 3.63) is 34.1 Å². The molecule has 1 aromatic rings. The van der Waals surface area contributed by atoms with Gasteiger partial charge in [0.05, 0.1) is 4.92 Å². The van der Waals surface area contributed by atoms with Crippen molar-refractivity contribution in [1.29, 1.82) is 0 Å². The second-order valence-corrected chi connectivity index (χ2v) is 8.28. The van der Waals surface area contributed by atoms with Crippen molar-refractivity contribution >= 4 is 15.7 Å². The van der Waals surface area contributed by atoms with Crippen molar-refractivity contribution in [2.75, 3.05) is 19.6 Å². The molecule has 0 amide bonds. The first-order valence-electron chi connectivity index (χ1n) is 8.06. The zero-order valence-corrected chi connectivity index (χ0v) is 14.0. The van der Waals surface area contributed by atoms with E-state index in [4.69, 9.17) is 0 Å². The zero-order valence-electron chi connectivity index (χ0n) is 13.2. The van der Waals surface area contributed by atoms with Gasteiger partial charge in [0.25, 0.3) is 0 Å². The zero-order chi connectivity index (χ0) is 17.3. The van der Waals surface area contributed by atoms with E-state index < -0.39 is 31.3 Å². The normalized spacial score (nSPS) is 20.2. The smallest absolute Gasteiger partial charge is 0.314 e. The second kappa shape index (κ2) is 6.73. The molecule has 0 aromatic heterocycles. The summed E-state index contributed by atoms with van der Waals surface area (Å²) in [5.41, 5.74) is -0.980. The summed E-state index contributed by atoms with van der Waals surface area (Å²) in [5.74, 6) is -0.385. The van der Waals surface area contributed by atoms with Crippen LogP contribution in [0.2, 0.25) is 0 Å². The monoisotopic (exact) mass is 357 g/mol. The molecule has 0 bridgehead atoms. The Morgan fingerprint density at radius 2 is 1.92 bits per heavy atom. The molecule has 0 unspecified atom stereocenters. The molecule has 3 rings (SSSR count). The molecule has 1 aromatic carbocycles. The molecular weight excluding hydrogens is 337 g/mol. The third kappa shape index (κ3) is 3.57. The van der Waals surface area contributed by atoms with Gasteiger partial charge in [-0.05, 0) is 50.3 Å². The summed E-state index contributed by atoms with van der Waals surface area (Å²) in [5, 5.41) is 14.5. The van der Waals surface area contributed by atoms with E-state index in [0.29, 0.717) is 12.8 Å². The minimum absolute atomic E-state index is 0.263. The van der Waals surface area contributed by atoms with Crippen LogP contribution in [0.15, 0.2) is 23.1 Å². The van der Waals surface area contributed by atoms with Crippen molar-refractivity contribution < 1.29 is 17.7 Å². The van der Waals surface area contributed by atoms with Crippen molar-refractivity contribution in [3.63, 3.8) is 0 Å². The molecule has 1 aliphatic carbocycles. The molecule has 0 atom stereocenters. The number of nitrogens with zero attached hydrogens (tertiary/aromatic N) is 2. The standard InChI is InChI=1S/C15H20FN3O4S/c16-13-2-1-3-14(15(13)19(20)21)24(22,23)18-8-6-12(7-9-18)17-10-11-4-5-11/h1-3,11-12,17H,4-10H2. The van der Waals surface area contributed by atoms with Crippen LogP contribution in [0.4, 0.5) is 10.1 Å². The highest BCUT2D eigenvalue weighted by Crippen LogP contribution is 2.31. The van der Waals surface area contributed by atoms with Crippen LogP contribution in [0.25, 0.3) is 0 Å². The highest BCUT2D eigenvalue weighted by molar-refractivity contribution is 7.89. The van der Waals surface area contributed by atoms with Gasteiger partial charge in [0, 0.05) is 19.1 Å². The van der Waals surface area contributed by atoms with Crippen molar-refractivity contribution in [2.45, 2.75) is 36.6 Å². The molecule has 1 N–H and O–H groups in total. The number of hydrogen-bond acceptors (Lipinski definition) is 5. The molecule has 2 fully saturated rings. The number of nitrogens with one attached hydrogen (secondary N) is 1. The summed E-state index contributed by atoms with van der Waals surface area (Å²) >= 11 is 0. The van der Waals surface area contributed by atoms with E-state index in [2.05, 4.69) is 5.32 Å². The average molecular weight is 357 g/mol. The summed E-state index contributed by atoms with van der Waals surface area (Å²) in [7, 11) is -4.08. The average Bonchev–Trinajstić information content (AvgIpc) is 3.37. The number of piperidine rings is 1. The first-order chi connectivity index (χ1) is 11.4. The summed E-state index contributed by atoms with van der Waals surface area (Å²) < 4.78 is 40.3. The Balaban J connectivity index is 1.72. The first kappa shape index (κ1) is 17.2.